The monoisotopic (exact) mass is 423 g/mol. The van der Waals surface area contributed by atoms with Gasteiger partial charge in [-0.05, 0) is 55.5 Å². The predicted molar refractivity (Wildman–Crippen MR) is 112 cm³/mol. The van der Waals surface area contributed by atoms with Crippen molar-refractivity contribution in [1.29, 1.82) is 0 Å². The van der Waals surface area contributed by atoms with Gasteiger partial charge in [0.2, 0.25) is 5.91 Å². The van der Waals surface area contributed by atoms with E-state index in [1.54, 1.807) is 4.52 Å². The van der Waals surface area contributed by atoms with Crippen molar-refractivity contribution in [2.75, 3.05) is 18.5 Å². The number of hydrogen-bond donors (Lipinski definition) is 2. The first-order valence-electron chi connectivity index (χ1n) is 10.9. The molecule has 3 aromatic heterocycles. The summed E-state index contributed by atoms with van der Waals surface area (Å²) in [6.07, 6.45) is 5.90. The molecular formula is C22H25N5O4. The SMILES string of the molecule is Cc1onc(O[C@H]2CN[C@H]3CCCO[C@H]32)c1-c1ccn2nc(NC(=O)C3CC3)cc2c1. The number of anilines is 1. The molecule has 5 heterocycles. The summed E-state index contributed by atoms with van der Waals surface area (Å²) in [6.45, 7) is 3.38. The lowest BCUT2D eigenvalue weighted by atomic mass is 10.0. The summed E-state index contributed by atoms with van der Waals surface area (Å²) in [6, 6.07) is 6.15. The van der Waals surface area contributed by atoms with Gasteiger partial charge in [-0.1, -0.05) is 0 Å². The first-order chi connectivity index (χ1) is 15.2. The number of fused-ring (bicyclic) bond motifs is 2. The third kappa shape index (κ3) is 3.47. The summed E-state index contributed by atoms with van der Waals surface area (Å²) in [5, 5.41) is 15.0. The maximum Gasteiger partial charge on any atom is 0.262 e. The highest BCUT2D eigenvalue weighted by atomic mass is 16.6. The summed E-state index contributed by atoms with van der Waals surface area (Å²) >= 11 is 0. The van der Waals surface area contributed by atoms with Crippen molar-refractivity contribution in [2.24, 2.45) is 5.92 Å². The van der Waals surface area contributed by atoms with Crippen molar-refractivity contribution in [3.8, 4) is 17.0 Å². The van der Waals surface area contributed by atoms with E-state index in [2.05, 4.69) is 20.9 Å². The highest BCUT2D eigenvalue weighted by Gasteiger charge is 2.41. The Morgan fingerprint density at radius 1 is 1.32 bits per heavy atom. The van der Waals surface area contributed by atoms with Crippen LogP contribution in [0.25, 0.3) is 16.6 Å². The molecule has 1 aliphatic carbocycles. The Hall–Kier alpha value is -2.91. The highest BCUT2D eigenvalue weighted by Crippen LogP contribution is 2.36. The van der Waals surface area contributed by atoms with Gasteiger partial charge in [-0.2, -0.15) is 5.10 Å². The molecule has 3 atom stereocenters. The number of amides is 1. The molecule has 2 N–H and O–H groups in total. The van der Waals surface area contributed by atoms with Gasteiger partial charge in [0.05, 0.1) is 11.1 Å². The molecule has 2 aliphatic heterocycles. The van der Waals surface area contributed by atoms with E-state index in [1.165, 1.54) is 0 Å². The van der Waals surface area contributed by atoms with Gasteiger partial charge in [-0.25, -0.2) is 4.52 Å². The lowest BCUT2D eigenvalue weighted by Gasteiger charge is -2.28. The van der Waals surface area contributed by atoms with Gasteiger partial charge in [0.15, 0.2) is 5.82 Å². The molecule has 1 saturated carbocycles. The number of carbonyl (C=O) groups excluding carboxylic acids is 1. The number of ether oxygens (including phenoxy) is 2. The fraction of sp³-hybridized carbons (Fsp3) is 0.500. The standard InChI is InChI=1S/C22H25N5O4/c1-12-19(22(26-31-12)30-17-11-23-16-3-2-8-29-20(16)17)14-6-7-27-15(9-14)10-18(25-27)24-21(28)13-4-5-13/h6-7,9-10,13,16-17,20,23H,2-5,8,11H2,1H3,(H,24,25,28)/t16-,17-,20+/m0/s1. The Kier molecular flexibility index (Phi) is 4.46. The minimum absolute atomic E-state index is 0.0357. The second-order valence-electron chi connectivity index (χ2n) is 8.65. The van der Waals surface area contributed by atoms with Gasteiger partial charge in [-0.3, -0.25) is 4.79 Å². The fourth-order valence-electron chi connectivity index (χ4n) is 4.57. The quantitative estimate of drug-likeness (QED) is 0.650. The van der Waals surface area contributed by atoms with Gasteiger partial charge >= 0.3 is 0 Å². The largest absolute Gasteiger partial charge is 0.468 e. The molecule has 162 valence electrons. The Balaban J connectivity index is 1.27. The minimum atomic E-state index is -0.100. The van der Waals surface area contributed by atoms with Crippen molar-refractivity contribution >= 4 is 17.2 Å². The molecule has 2 saturated heterocycles. The Morgan fingerprint density at radius 2 is 2.23 bits per heavy atom. The van der Waals surface area contributed by atoms with Crippen LogP contribution in [0.15, 0.2) is 28.9 Å². The zero-order chi connectivity index (χ0) is 20.9. The number of carbonyl (C=O) groups is 1. The van der Waals surface area contributed by atoms with Crippen LogP contribution in [0.4, 0.5) is 5.82 Å². The van der Waals surface area contributed by atoms with Gasteiger partial charge in [0.25, 0.3) is 5.88 Å². The summed E-state index contributed by atoms with van der Waals surface area (Å²) in [5.41, 5.74) is 2.62. The van der Waals surface area contributed by atoms with Crippen LogP contribution in [0.1, 0.15) is 31.4 Å². The van der Waals surface area contributed by atoms with Crippen LogP contribution in [0, 0.1) is 12.8 Å². The van der Waals surface area contributed by atoms with Crippen LogP contribution in [0.2, 0.25) is 0 Å². The van der Waals surface area contributed by atoms with Crippen LogP contribution in [0.3, 0.4) is 0 Å². The predicted octanol–water partition coefficient (Wildman–Crippen LogP) is 2.54. The molecule has 0 aromatic carbocycles. The number of pyridine rings is 1. The van der Waals surface area contributed by atoms with Crippen molar-refractivity contribution in [1.82, 2.24) is 20.1 Å². The zero-order valence-corrected chi connectivity index (χ0v) is 17.3. The third-order valence-electron chi connectivity index (χ3n) is 6.36. The third-order valence-corrected chi connectivity index (χ3v) is 6.36. The zero-order valence-electron chi connectivity index (χ0n) is 17.3. The Labute approximate surface area is 179 Å². The average Bonchev–Trinajstić information content (AvgIpc) is 3.30. The molecule has 3 aromatic rings. The lowest BCUT2D eigenvalue weighted by molar-refractivity contribution is -0.117. The van der Waals surface area contributed by atoms with Crippen molar-refractivity contribution in [3.63, 3.8) is 0 Å². The van der Waals surface area contributed by atoms with E-state index in [4.69, 9.17) is 14.0 Å². The summed E-state index contributed by atoms with van der Waals surface area (Å²) < 4.78 is 19.5. The van der Waals surface area contributed by atoms with Crippen LogP contribution in [0.5, 0.6) is 5.88 Å². The molecule has 1 amide bonds. The number of rotatable bonds is 5. The number of nitrogens with one attached hydrogen (secondary N) is 2. The molecule has 9 nitrogen and oxygen atoms in total. The minimum Gasteiger partial charge on any atom is -0.468 e. The molecule has 3 aliphatic rings. The molecule has 0 spiro atoms. The molecule has 6 rings (SSSR count). The van der Waals surface area contributed by atoms with E-state index >= 15 is 0 Å². The Bertz CT molecular complexity index is 1130. The van der Waals surface area contributed by atoms with Crippen LogP contribution >= 0.6 is 0 Å². The highest BCUT2D eigenvalue weighted by molar-refractivity contribution is 5.93. The summed E-state index contributed by atoms with van der Waals surface area (Å²) in [5.74, 6) is 1.91. The smallest absolute Gasteiger partial charge is 0.262 e. The summed E-state index contributed by atoms with van der Waals surface area (Å²) in [4.78, 5) is 12.0. The number of hydrogen-bond acceptors (Lipinski definition) is 7. The molecule has 31 heavy (non-hydrogen) atoms. The molecule has 0 bridgehead atoms. The van der Waals surface area contributed by atoms with Gasteiger partial charge in [-0.15, -0.1) is 0 Å². The maximum atomic E-state index is 12.0. The van der Waals surface area contributed by atoms with Crippen molar-refractivity contribution in [2.45, 2.75) is 50.9 Å². The molecule has 9 heteroatoms. The van der Waals surface area contributed by atoms with E-state index in [1.807, 2.05) is 31.3 Å². The maximum absolute atomic E-state index is 12.0. The van der Waals surface area contributed by atoms with E-state index in [9.17, 15) is 4.79 Å². The fourth-order valence-corrected chi connectivity index (χ4v) is 4.57. The van der Waals surface area contributed by atoms with Crippen LogP contribution in [-0.2, 0) is 9.53 Å². The van der Waals surface area contributed by atoms with Gasteiger partial charge < -0.3 is 24.6 Å². The molecule has 0 radical (unpaired) electrons. The second kappa shape index (κ2) is 7.35. The normalized spacial score (nSPS) is 25.5. The first kappa shape index (κ1) is 18.8. The molecule has 3 fully saturated rings. The van der Waals surface area contributed by atoms with Gasteiger partial charge in [0.1, 0.15) is 18.0 Å². The Morgan fingerprint density at radius 3 is 3.10 bits per heavy atom. The topological polar surface area (TPSA) is 103 Å². The van der Waals surface area contributed by atoms with E-state index in [-0.39, 0.29) is 24.0 Å². The van der Waals surface area contributed by atoms with Crippen molar-refractivity contribution in [3.05, 3.63) is 30.2 Å². The molecular weight excluding hydrogens is 398 g/mol. The van der Waals surface area contributed by atoms with Crippen LogP contribution in [-0.4, -0.2) is 52.1 Å². The van der Waals surface area contributed by atoms with E-state index in [0.717, 1.165) is 55.5 Å². The average molecular weight is 423 g/mol. The van der Waals surface area contributed by atoms with E-state index < -0.39 is 0 Å². The second-order valence-corrected chi connectivity index (χ2v) is 8.65. The first-order valence-corrected chi connectivity index (χ1v) is 10.9. The lowest BCUT2D eigenvalue weighted by Crippen LogP contribution is -2.41. The van der Waals surface area contributed by atoms with Crippen LogP contribution < -0.4 is 15.4 Å². The van der Waals surface area contributed by atoms with E-state index in [0.29, 0.717) is 23.5 Å². The molecule has 0 unspecified atom stereocenters. The van der Waals surface area contributed by atoms with Crippen molar-refractivity contribution < 1.29 is 18.8 Å². The summed E-state index contributed by atoms with van der Waals surface area (Å²) in [7, 11) is 0. The number of nitrogens with zero attached hydrogens (tertiary/aromatic N) is 3. The number of aromatic nitrogens is 3. The number of aryl methyl sites for hydroxylation is 1. The van der Waals surface area contributed by atoms with Gasteiger partial charge in [0, 0.05) is 37.4 Å².